The highest BCUT2D eigenvalue weighted by atomic mass is 19.1. The van der Waals surface area contributed by atoms with Crippen molar-refractivity contribution in [3.63, 3.8) is 0 Å². The number of tetrazole rings is 1. The number of hydrogen-bond acceptors (Lipinski definition) is 6. The van der Waals surface area contributed by atoms with Gasteiger partial charge in [-0.25, -0.2) is 4.39 Å². The van der Waals surface area contributed by atoms with E-state index in [1.165, 1.54) is 12.1 Å². The van der Waals surface area contributed by atoms with Crippen molar-refractivity contribution in [2.24, 2.45) is 0 Å². The molecule has 2 aromatic heterocycles. The van der Waals surface area contributed by atoms with Crippen LogP contribution in [0.3, 0.4) is 0 Å². The average Bonchev–Trinajstić information content (AvgIpc) is 3.43. The number of carbonyl (C=O) groups excluding carboxylic acids is 1. The maximum absolute atomic E-state index is 13.6. The molecule has 4 aromatic rings. The van der Waals surface area contributed by atoms with Crippen molar-refractivity contribution in [2.45, 2.75) is 44.9 Å². The Hall–Kier alpha value is -3.89. The van der Waals surface area contributed by atoms with Crippen LogP contribution in [0.25, 0.3) is 28.1 Å². The highest BCUT2D eigenvalue weighted by molar-refractivity contribution is 6.01. The molecule has 0 unspecified atom stereocenters. The molecule has 35 heavy (non-hydrogen) atoms. The minimum absolute atomic E-state index is 0.0116. The summed E-state index contributed by atoms with van der Waals surface area (Å²) in [5.74, 6) is -0.794. The van der Waals surface area contributed by atoms with E-state index in [1.54, 1.807) is 18.2 Å². The fourth-order valence-electron chi connectivity index (χ4n) is 4.17. The smallest absolute Gasteiger partial charge is 0.269 e. The Labute approximate surface area is 201 Å². The van der Waals surface area contributed by atoms with E-state index in [2.05, 4.69) is 44.4 Å². The van der Waals surface area contributed by atoms with Gasteiger partial charge in [-0.05, 0) is 48.9 Å². The van der Waals surface area contributed by atoms with Gasteiger partial charge in [0, 0.05) is 34.6 Å². The Bertz CT molecular complexity index is 1320. The predicted octanol–water partition coefficient (Wildman–Crippen LogP) is 3.70. The molecule has 2 aromatic carbocycles. The monoisotopic (exact) mass is 478 g/mol. The van der Waals surface area contributed by atoms with Crippen molar-refractivity contribution in [2.75, 3.05) is 5.32 Å². The number of nitrogens with zero attached hydrogens (tertiary/aromatic N) is 4. The third-order valence-corrected chi connectivity index (χ3v) is 5.61. The number of aromatic amines is 1. The lowest BCUT2D eigenvalue weighted by molar-refractivity contribution is -0.118. The summed E-state index contributed by atoms with van der Waals surface area (Å²) in [5.41, 5.74) is 3.66. The van der Waals surface area contributed by atoms with Crippen molar-refractivity contribution in [1.29, 1.82) is 0 Å². The molecule has 182 valence electrons. The molecule has 0 spiro atoms. The number of carbonyl (C=O) groups is 1. The number of amides is 1. The molecule has 4 rings (SSSR count). The van der Waals surface area contributed by atoms with Crippen molar-refractivity contribution in [3.05, 3.63) is 66.1 Å². The zero-order valence-electron chi connectivity index (χ0n) is 19.4. The standard InChI is InChI=1S/C25H27FN6O3/c1-15(2)32-21-6-4-3-5-20(21)24(16-7-9-17(26)10-8-16)22(32)12-11-18(33)13-19(34)14-23(35)27-25-28-30-31-29-25/h3-12,15,18-19,33-34H,13-14H2,1-2H3,(H2,27,28,29,30,31,35)/t18-,19-/m0/s1. The van der Waals surface area contributed by atoms with E-state index in [4.69, 9.17) is 0 Å². The second-order valence-corrected chi connectivity index (χ2v) is 8.55. The van der Waals surface area contributed by atoms with E-state index < -0.39 is 18.1 Å². The highest BCUT2D eigenvalue weighted by Crippen LogP contribution is 2.38. The van der Waals surface area contributed by atoms with Gasteiger partial charge in [-0.2, -0.15) is 5.21 Å². The number of fused-ring (bicyclic) bond motifs is 1. The molecule has 0 fully saturated rings. The van der Waals surface area contributed by atoms with Gasteiger partial charge in [0.25, 0.3) is 5.95 Å². The van der Waals surface area contributed by atoms with Crippen LogP contribution in [0.4, 0.5) is 10.3 Å². The van der Waals surface area contributed by atoms with Gasteiger partial charge in [0.2, 0.25) is 5.91 Å². The van der Waals surface area contributed by atoms with Crippen LogP contribution in [-0.2, 0) is 4.79 Å². The Balaban J connectivity index is 1.58. The van der Waals surface area contributed by atoms with Gasteiger partial charge in [-0.15, -0.1) is 5.10 Å². The number of para-hydroxylation sites is 1. The number of halogens is 1. The van der Waals surface area contributed by atoms with E-state index in [9.17, 15) is 19.4 Å². The molecule has 2 heterocycles. The number of rotatable bonds is 9. The first-order valence-corrected chi connectivity index (χ1v) is 11.3. The first-order valence-electron chi connectivity index (χ1n) is 11.3. The highest BCUT2D eigenvalue weighted by Gasteiger charge is 2.20. The van der Waals surface area contributed by atoms with E-state index in [1.807, 2.05) is 30.3 Å². The molecule has 0 saturated carbocycles. The van der Waals surface area contributed by atoms with Crippen LogP contribution < -0.4 is 5.32 Å². The average molecular weight is 479 g/mol. The molecule has 0 radical (unpaired) electrons. The molecule has 1 amide bonds. The first kappa shape index (κ1) is 24.2. The van der Waals surface area contributed by atoms with Crippen LogP contribution in [0.2, 0.25) is 0 Å². The van der Waals surface area contributed by atoms with Crippen LogP contribution >= 0.6 is 0 Å². The molecule has 9 nitrogen and oxygen atoms in total. The summed E-state index contributed by atoms with van der Waals surface area (Å²) < 4.78 is 15.8. The molecule has 0 aliphatic carbocycles. The number of benzene rings is 2. The molecule has 0 saturated heterocycles. The molecular weight excluding hydrogens is 451 g/mol. The normalized spacial score (nSPS) is 13.5. The van der Waals surface area contributed by atoms with E-state index in [0.717, 1.165) is 27.7 Å². The summed E-state index contributed by atoms with van der Waals surface area (Å²) in [5, 5.41) is 37.1. The lowest BCUT2D eigenvalue weighted by Gasteiger charge is -2.15. The number of aromatic nitrogens is 5. The van der Waals surface area contributed by atoms with Crippen molar-refractivity contribution < 1.29 is 19.4 Å². The van der Waals surface area contributed by atoms with Gasteiger partial charge >= 0.3 is 0 Å². The van der Waals surface area contributed by atoms with Crippen LogP contribution in [0.5, 0.6) is 0 Å². The Morgan fingerprint density at radius 1 is 1.17 bits per heavy atom. The molecule has 4 N–H and O–H groups in total. The predicted molar refractivity (Wildman–Crippen MR) is 131 cm³/mol. The lowest BCUT2D eigenvalue weighted by atomic mass is 10.0. The second kappa shape index (κ2) is 10.6. The molecular formula is C25H27FN6O3. The van der Waals surface area contributed by atoms with E-state index in [-0.39, 0.29) is 30.6 Å². The van der Waals surface area contributed by atoms with Gasteiger partial charge in [-0.3, -0.25) is 10.1 Å². The van der Waals surface area contributed by atoms with Gasteiger partial charge in [0.05, 0.1) is 18.6 Å². The SMILES string of the molecule is CC(C)n1c(C=C[C@H](O)C[C@H](O)CC(=O)Nc2nn[nH]n2)c(-c2ccc(F)cc2)c2ccccc21. The number of nitrogens with one attached hydrogen (secondary N) is 2. The van der Waals surface area contributed by atoms with Crippen LogP contribution in [0.1, 0.15) is 38.4 Å². The number of aliphatic hydroxyl groups excluding tert-OH is 2. The van der Waals surface area contributed by atoms with Gasteiger partial charge < -0.3 is 14.8 Å². The second-order valence-electron chi connectivity index (χ2n) is 8.55. The summed E-state index contributed by atoms with van der Waals surface area (Å²) in [6.45, 7) is 4.14. The molecule has 0 aliphatic heterocycles. The zero-order valence-corrected chi connectivity index (χ0v) is 19.4. The van der Waals surface area contributed by atoms with Crippen LogP contribution in [0, 0.1) is 5.82 Å². The van der Waals surface area contributed by atoms with E-state index in [0.29, 0.717) is 0 Å². The molecule has 0 bridgehead atoms. The Morgan fingerprint density at radius 3 is 2.60 bits per heavy atom. The fourth-order valence-corrected chi connectivity index (χ4v) is 4.17. The maximum atomic E-state index is 13.6. The quantitative estimate of drug-likeness (QED) is 0.290. The lowest BCUT2D eigenvalue weighted by Crippen LogP contribution is -2.23. The number of anilines is 1. The van der Waals surface area contributed by atoms with E-state index >= 15 is 0 Å². The third kappa shape index (κ3) is 5.61. The van der Waals surface area contributed by atoms with Crippen molar-refractivity contribution in [3.8, 4) is 11.1 Å². The van der Waals surface area contributed by atoms with Gasteiger partial charge in [0.15, 0.2) is 0 Å². The number of hydrogen-bond donors (Lipinski definition) is 4. The zero-order chi connectivity index (χ0) is 24.9. The van der Waals surface area contributed by atoms with Crippen molar-refractivity contribution in [1.82, 2.24) is 25.2 Å². The van der Waals surface area contributed by atoms with Crippen LogP contribution in [0.15, 0.2) is 54.6 Å². The summed E-state index contributed by atoms with van der Waals surface area (Å²) in [6, 6.07) is 14.4. The summed E-state index contributed by atoms with van der Waals surface area (Å²) in [6.07, 6.45) is 1.07. The fraction of sp³-hybridized carbons (Fsp3) is 0.280. The Kier molecular flexibility index (Phi) is 7.33. The Morgan fingerprint density at radius 2 is 1.91 bits per heavy atom. The van der Waals surface area contributed by atoms with Crippen molar-refractivity contribution >= 4 is 28.8 Å². The minimum Gasteiger partial charge on any atom is -0.392 e. The third-order valence-electron chi connectivity index (χ3n) is 5.61. The molecule has 2 atom stereocenters. The minimum atomic E-state index is -1.07. The van der Waals surface area contributed by atoms with Gasteiger partial charge in [0.1, 0.15) is 5.82 Å². The topological polar surface area (TPSA) is 129 Å². The summed E-state index contributed by atoms with van der Waals surface area (Å²) in [4.78, 5) is 12.0. The summed E-state index contributed by atoms with van der Waals surface area (Å²) in [7, 11) is 0. The first-order chi connectivity index (χ1) is 16.8. The maximum Gasteiger partial charge on any atom is 0.269 e. The van der Waals surface area contributed by atoms with Crippen LogP contribution in [-0.4, -0.2) is 53.5 Å². The largest absolute Gasteiger partial charge is 0.392 e. The number of H-pyrrole nitrogens is 1. The van der Waals surface area contributed by atoms with Gasteiger partial charge in [-0.1, -0.05) is 41.5 Å². The summed E-state index contributed by atoms with van der Waals surface area (Å²) >= 11 is 0. The number of aliphatic hydroxyl groups is 2. The molecule has 0 aliphatic rings. The molecule has 10 heteroatoms.